The molecule has 0 bridgehead atoms. The summed E-state index contributed by atoms with van der Waals surface area (Å²) in [6, 6.07) is 12.1. The van der Waals surface area contributed by atoms with Gasteiger partial charge in [-0.3, -0.25) is 4.79 Å². The summed E-state index contributed by atoms with van der Waals surface area (Å²) in [6.07, 6.45) is -1.17. The smallest absolute Gasteiger partial charge is 0.417 e. The summed E-state index contributed by atoms with van der Waals surface area (Å²) in [5.74, 6) is -0.283. The van der Waals surface area contributed by atoms with Crippen LogP contribution in [0.25, 0.3) is 0 Å². The van der Waals surface area contributed by atoms with Crippen molar-refractivity contribution in [3.63, 3.8) is 0 Å². The average molecular weight is 350 g/mol. The van der Waals surface area contributed by atoms with Gasteiger partial charge in [-0.2, -0.15) is 0 Å². The van der Waals surface area contributed by atoms with Gasteiger partial charge in [0.2, 0.25) is 0 Å². The van der Waals surface area contributed by atoms with E-state index in [0.717, 1.165) is 23.7 Å². The van der Waals surface area contributed by atoms with E-state index in [1.807, 2.05) is 30.3 Å². The second-order valence-corrected chi connectivity index (χ2v) is 10.8. The van der Waals surface area contributed by atoms with Crippen molar-refractivity contribution >= 4 is 20.3 Å². The van der Waals surface area contributed by atoms with E-state index >= 15 is 0 Å². The molecule has 1 aromatic carbocycles. The first-order chi connectivity index (χ1) is 11.5. The fourth-order valence-corrected chi connectivity index (χ4v) is 5.99. The lowest BCUT2D eigenvalue weighted by Gasteiger charge is -2.48. The van der Waals surface area contributed by atoms with E-state index in [1.165, 1.54) is 4.90 Å². The van der Waals surface area contributed by atoms with Crippen LogP contribution in [0.5, 0.6) is 0 Å². The van der Waals surface area contributed by atoms with Crippen LogP contribution in [-0.4, -0.2) is 37.9 Å². The molecule has 2 rings (SSSR count). The van der Waals surface area contributed by atoms with Gasteiger partial charge in [0.1, 0.15) is 6.04 Å². The Morgan fingerprint density at radius 3 is 2.17 bits per heavy atom. The molecule has 24 heavy (non-hydrogen) atoms. The number of ether oxygens (including phenoxy) is 1. The molecule has 1 aliphatic heterocycles. The highest BCUT2D eigenvalue weighted by molar-refractivity contribution is 6.73. The molecular formula is C18H27NO4Si. The van der Waals surface area contributed by atoms with Crippen molar-refractivity contribution in [2.75, 3.05) is 6.61 Å². The van der Waals surface area contributed by atoms with Gasteiger partial charge in [0.25, 0.3) is 5.91 Å². The van der Waals surface area contributed by atoms with Crippen molar-refractivity contribution in [2.24, 2.45) is 0 Å². The van der Waals surface area contributed by atoms with Gasteiger partial charge in [0, 0.05) is 0 Å². The number of nitrogens with zero attached hydrogens (tertiary/aromatic N) is 1. The zero-order valence-corrected chi connectivity index (χ0v) is 16.0. The molecule has 0 N–H and O–H groups in total. The number of hydrogen-bond donors (Lipinski definition) is 0. The maximum Gasteiger partial charge on any atom is 0.417 e. The molecule has 0 aromatic heterocycles. The molecular weight excluding hydrogens is 322 g/mol. The molecule has 1 aliphatic rings. The molecule has 2 amide bonds. The third-order valence-electron chi connectivity index (χ3n) is 4.96. The molecule has 0 saturated carbocycles. The number of rotatable bonds is 7. The molecule has 0 radical (unpaired) electrons. The van der Waals surface area contributed by atoms with Crippen LogP contribution >= 0.6 is 0 Å². The van der Waals surface area contributed by atoms with Gasteiger partial charge in [-0.25, -0.2) is 9.69 Å². The second-order valence-electron chi connectivity index (χ2n) is 6.04. The summed E-state index contributed by atoms with van der Waals surface area (Å²) in [5, 5.41) is 0. The van der Waals surface area contributed by atoms with Crippen molar-refractivity contribution in [2.45, 2.75) is 58.0 Å². The third-order valence-corrected chi connectivity index (χ3v) is 9.58. The van der Waals surface area contributed by atoms with Gasteiger partial charge >= 0.3 is 6.09 Å². The monoisotopic (exact) mass is 349 g/mol. The topological polar surface area (TPSA) is 55.8 Å². The molecule has 0 spiro atoms. The van der Waals surface area contributed by atoms with Gasteiger partial charge in [-0.1, -0.05) is 51.1 Å². The van der Waals surface area contributed by atoms with Crippen LogP contribution in [0, 0.1) is 0 Å². The Hall–Kier alpha value is -1.66. The lowest BCUT2D eigenvalue weighted by Crippen LogP contribution is -2.64. The van der Waals surface area contributed by atoms with Crippen LogP contribution in [0.15, 0.2) is 30.3 Å². The Morgan fingerprint density at radius 1 is 1.08 bits per heavy atom. The zero-order chi connectivity index (χ0) is 17.7. The lowest BCUT2D eigenvalue weighted by molar-refractivity contribution is -0.160. The van der Waals surface area contributed by atoms with E-state index in [4.69, 9.17) is 9.16 Å². The maximum absolute atomic E-state index is 12.6. The van der Waals surface area contributed by atoms with Gasteiger partial charge in [0.05, 0.1) is 6.61 Å². The molecule has 6 heteroatoms. The van der Waals surface area contributed by atoms with E-state index in [0.29, 0.717) is 0 Å². The van der Waals surface area contributed by atoms with Crippen LogP contribution in [0.2, 0.25) is 18.1 Å². The van der Waals surface area contributed by atoms with E-state index in [1.54, 1.807) is 6.92 Å². The number of amides is 2. The summed E-state index contributed by atoms with van der Waals surface area (Å²) in [7, 11) is -1.95. The Kier molecular flexibility index (Phi) is 6.18. The minimum absolute atomic E-state index is 0.243. The summed E-state index contributed by atoms with van der Waals surface area (Å²) >= 11 is 0. The molecule has 1 fully saturated rings. The number of likely N-dealkylation sites (tertiary alicyclic amines) is 1. The van der Waals surface area contributed by atoms with E-state index in [-0.39, 0.29) is 12.5 Å². The fourth-order valence-electron chi connectivity index (χ4n) is 3.22. The first-order valence-corrected chi connectivity index (χ1v) is 11.3. The van der Waals surface area contributed by atoms with Crippen molar-refractivity contribution in [3.05, 3.63) is 35.9 Å². The summed E-state index contributed by atoms with van der Waals surface area (Å²) in [5.41, 5.74) is 0.904. The minimum atomic E-state index is -1.95. The molecule has 2 atom stereocenters. The van der Waals surface area contributed by atoms with Crippen molar-refractivity contribution in [3.8, 4) is 0 Å². The maximum atomic E-state index is 12.6. The standard InChI is InChI=1S/C18H27NO4Si/c1-5-22-18(21)19-15(14-12-10-9-11-13-14)16(17(19)20)23-24(6-2,7-3)8-4/h9-13,15-16H,5-8H2,1-4H3/t15-,16+/m0/s1. The highest BCUT2D eigenvalue weighted by Crippen LogP contribution is 2.40. The summed E-state index contributed by atoms with van der Waals surface area (Å²) in [6.45, 7) is 8.36. The SMILES string of the molecule is CCOC(=O)N1C(=O)[C@H](O[Si](CC)(CC)CC)[C@@H]1c1ccccc1. The van der Waals surface area contributed by atoms with Crippen LogP contribution < -0.4 is 0 Å². The molecule has 1 saturated heterocycles. The van der Waals surface area contributed by atoms with E-state index in [9.17, 15) is 9.59 Å². The number of imide groups is 1. The first kappa shape index (κ1) is 18.7. The third kappa shape index (κ3) is 3.39. The van der Waals surface area contributed by atoms with Gasteiger partial charge < -0.3 is 9.16 Å². The molecule has 1 heterocycles. The zero-order valence-electron chi connectivity index (χ0n) is 15.0. The van der Waals surface area contributed by atoms with Crippen LogP contribution in [0.3, 0.4) is 0 Å². The number of carbonyl (C=O) groups is 2. The lowest BCUT2D eigenvalue weighted by atomic mass is 9.91. The first-order valence-electron chi connectivity index (χ1n) is 8.76. The molecule has 5 nitrogen and oxygen atoms in total. The molecule has 0 aliphatic carbocycles. The minimum Gasteiger partial charge on any atom is -0.449 e. The van der Waals surface area contributed by atoms with Gasteiger partial charge in [-0.05, 0) is 30.6 Å². The van der Waals surface area contributed by atoms with E-state index in [2.05, 4.69) is 20.8 Å². The average Bonchev–Trinajstić information content (AvgIpc) is 2.62. The molecule has 1 aromatic rings. The number of β-lactam (4-membered cyclic amide) rings is 1. The largest absolute Gasteiger partial charge is 0.449 e. The van der Waals surface area contributed by atoms with Crippen LogP contribution in [0.1, 0.15) is 39.3 Å². The molecule has 132 valence electrons. The van der Waals surface area contributed by atoms with Crippen LogP contribution in [0.4, 0.5) is 4.79 Å². The predicted octanol–water partition coefficient (Wildman–Crippen LogP) is 4.12. The highest BCUT2D eigenvalue weighted by atomic mass is 28.4. The predicted molar refractivity (Wildman–Crippen MR) is 95.1 cm³/mol. The number of carbonyl (C=O) groups excluding carboxylic acids is 2. The fraction of sp³-hybridized carbons (Fsp3) is 0.556. The van der Waals surface area contributed by atoms with Crippen molar-refractivity contribution < 1.29 is 18.8 Å². The Balaban J connectivity index is 2.30. The number of benzene rings is 1. The Labute approximate surface area is 145 Å². The summed E-state index contributed by atoms with van der Waals surface area (Å²) in [4.78, 5) is 26.0. The number of hydrogen-bond acceptors (Lipinski definition) is 4. The normalized spacial score (nSPS) is 20.7. The van der Waals surface area contributed by atoms with Crippen LogP contribution in [-0.2, 0) is 14.0 Å². The van der Waals surface area contributed by atoms with Gasteiger partial charge in [-0.15, -0.1) is 0 Å². The van der Waals surface area contributed by atoms with E-state index < -0.39 is 26.6 Å². The van der Waals surface area contributed by atoms with Crippen molar-refractivity contribution in [1.82, 2.24) is 4.90 Å². The molecule has 0 unspecified atom stereocenters. The second kappa shape index (κ2) is 7.94. The quantitative estimate of drug-likeness (QED) is 0.549. The Bertz CT molecular complexity index is 565. The van der Waals surface area contributed by atoms with Gasteiger partial charge in [0.15, 0.2) is 14.4 Å². The Morgan fingerprint density at radius 2 is 1.67 bits per heavy atom. The summed E-state index contributed by atoms with van der Waals surface area (Å²) < 4.78 is 11.4. The highest BCUT2D eigenvalue weighted by Gasteiger charge is 2.55. The van der Waals surface area contributed by atoms with Crippen molar-refractivity contribution in [1.29, 1.82) is 0 Å².